The predicted octanol–water partition coefficient (Wildman–Crippen LogP) is 3.07. The zero-order valence-corrected chi connectivity index (χ0v) is 16.3. The van der Waals surface area contributed by atoms with Crippen molar-refractivity contribution in [2.45, 2.75) is 5.03 Å². The fraction of sp³-hybridized carbons (Fsp3) is 0.118. The van der Waals surface area contributed by atoms with E-state index in [4.69, 9.17) is 32.5 Å². The lowest BCUT2D eigenvalue weighted by Crippen LogP contribution is -2.35. The van der Waals surface area contributed by atoms with Crippen LogP contribution in [-0.4, -0.2) is 24.0 Å². The maximum absolute atomic E-state index is 12.2. The second-order valence-electron chi connectivity index (χ2n) is 5.24. The molecule has 0 saturated carbocycles. The number of benzene rings is 2. The first-order valence-electron chi connectivity index (χ1n) is 7.59. The molecule has 0 aliphatic carbocycles. The van der Waals surface area contributed by atoms with Crippen molar-refractivity contribution in [2.75, 3.05) is 18.2 Å². The van der Waals surface area contributed by atoms with E-state index in [-0.39, 0.29) is 16.7 Å². The van der Waals surface area contributed by atoms with Gasteiger partial charge in [0.2, 0.25) is 11.6 Å². The zero-order chi connectivity index (χ0) is 19.4. The van der Waals surface area contributed by atoms with Gasteiger partial charge in [0.15, 0.2) is 5.95 Å². The largest absolute Gasteiger partial charge is 0.538 e. The SMILES string of the molecule is COc1ccc(-[n+]2noc([O-])c2SCC(=O)Nc2ccc(Cl)cc2Cl)cc1. The number of nitrogens with zero attached hydrogens (tertiary/aromatic N) is 2. The molecule has 0 radical (unpaired) electrons. The summed E-state index contributed by atoms with van der Waals surface area (Å²) in [6, 6.07) is 11.6. The Hall–Kier alpha value is -2.42. The van der Waals surface area contributed by atoms with Crippen LogP contribution in [0.1, 0.15) is 0 Å². The first-order chi connectivity index (χ1) is 13.0. The maximum atomic E-state index is 12.2. The second kappa shape index (κ2) is 8.51. The summed E-state index contributed by atoms with van der Waals surface area (Å²) in [5.74, 6) is -0.344. The molecule has 140 valence electrons. The summed E-state index contributed by atoms with van der Waals surface area (Å²) in [6.07, 6.45) is 0. The van der Waals surface area contributed by atoms with E-state index in [2.05, 4.69) is 10.6 Å². The molecule has 0 aliphatic rings. The van der Waals surface area contributed by atoms with E-state index in [0.717, 1.165) is 11.8 Å². The van der Waals surface area contributed by atoms with Gasteiger partial charge in [-0.3, -0.25) is 4.79 Å². The monoisotopic (exact) mass is 425 g/mol. The molecule has 7 nitrogen and oxygen atoms in total. The van der Waals surface area contributed by atoms with Gasteiger partial charge in [-0.05, 0) is 46.8 Å². The van der Waals surface area contributed by atoms with Gasteiger partial charge in [0.05, 0.1) is 28.8 Å². The van der Waals surface area contributed by atoms with Crippen LogP contribution >= 0.6 is 35.0 Å². The molecule has 0 saturated heterocycles. The normalized spacial score (nSPS) is 10.6. The predicted molar refractivity (Wildman–Crippen MR) is 99.8 cm³/mol. The number of rotatable bonds is 6. The van der Waals surface area contributed by atoms with Crippen molar-refractivity contribution >= 4 is 46.6 Å². The molecular weight excluding hydrogens is 413 g/mol. The smallest absolute Gasteiger partial charge is 0.298 e. The highest BCUT2D eigenvalue weighted by Gasteiger charge is 2.22. The molecule has 10 heteroatoms. The third-order valence-electron chi connectivity index (χ3n) is 3.43. The summed E-state index contributed by atoms with van der Waals surface area (Å²) in [5.41, 5.74) is 1.03. The van der Waals surface area contributed by atoms with Crippen LogP contribution in [0.25, 0.3) is 5.69 Å². The molecule has 1 amide bonds. The molecule has 0 aliphatic heterocycles. The molecule has 0 atom stereocenters. The lowest BCUT2D eigenvalue weighted by atomic mass is 10.3. The third-order valence-corrected chi connectivity index (χ3v) is 5.00. The van der Waals surface area contributed by atoms with Crippen LogP contribution in [-0.2, 0) is 4.79 Å². The molecule has 0 bridgehead atoms. The van der Waals surface area contributed by atoms with Gasteiger partial charge in [-0.2, -0.15) is 0 Å². The minimum Gasteiger partial charge on any atom is -0.538 e. The highest BCUT2D eigenvalue weighted by Crippen LogP contribution is 2.27. The highest BCUT2D eigenvalue weighted by atomic mass is 35.5. The quantitative estimate of drug-likeness (QED) is 0.481. The van der Waals surface area contributed by atoms with Gasteiger partial charge < -0.3 is 19.7 Å². The molecule has 3 aromatic rings. The van der Waals surface area contributed by atoms with E-state index >= 15 is 0 Å². The van der Waals surface area contributed by atoms with Gasteiger partial charge in [0.1, 0.15) is 5.75 Å². The first-order valence-corrected chi connectivity index (χ1v) is 9.33. The third kappa shape index (κ3) is 4.65. The number of anilines is 1. The Morgan fingerprint density at radius 3 is 2.70 bits per heavy atom. The van der Waals surface area contributed by atoms with Gasteiger partial charge in [-0.25, -0.2) is 0 Å². The minimum atomic E-state index is -0.631. The summed E-state index contributed by atoms with van der Waals surface area (Å²) in [6.45, 7) is 0. The van der Waals surface area contributed by atoms with Crippen LogP contribution in [0.5, 0.6) is 11.7 Å². The average Bonchev–Trinajstić information content (AvgIpc) is 3.03. The zero-order valence-electron chi connectivity index (χ0n) is 13.9. The standard InChI is InChI=1S/C17H13Cl2N3O4S/c1-25-12-5-3-11(4-6-12)22-16(17(24)26-21-22)27-9-15(23)20-14-7-2-10(18)8-13(14)19/h2-8H,9H2,1H3,(H-,20,21,23,24). The number of halogens is 2. The maximum Gasteiger partial charge on any atom is 0.298 e. The molecule has 1 aromatic heterocycles. The van der Waals surface area contributed by atoms with E-state index < -0.39 is 5.95 Å². The fourth-order valence-electron chi connectivity index (χ4n) is 2.16. The summed E-state index contributed by atoms with van der Waals surface area (Å²) < 4.78 is 11.2. The van der Waals surface area contributed by atoms with Crippen molar-refractivity contribution in [2.24, 2.45) is 0 Å². The van der Waals surface area contributed by atoms with Crippen molar-refractivity contribution in [3.63, 3.8) is 0 Å². The van der Waals surface area contributed by atoms with Crippen molar-refractivity contribution in [3.8, 4) is 17.4 Å². The number of carbonyl (C=O) groups is 1. The fourth-order valence-corrected chi connectivity index (χ4v) is 3.37. The Morgan fingerprint density at radius 1 is 1.30 bits per heavy atom. The van der Waals surface area contributed by atoms with Gasteiger partial charge >= 0.3 is 0 Å². The topological polar surface area (TPSA) is 91.3 Å². The van der Waals surface area contributed by atoms with Crippen LogP contribution in [0.3, 0.4) is 0 Å². The number of aromatic nitrogens is 2. The van der Waals surface area contributed by atoms with Crippen molar-refractivity contribution in [3.05, 3.63) is 52.5 Å². The van der Waals surface area contributed by atoms with E-state index in [0.29, 0.717) is 27.2 Å². The Kier molecular flexibility index (Phi) is 6.10. The van der Waals surface area contributed by atoms with Crippen LogP contribution < -0.4 is 19.8 Å². The lowest BCUT2D eigenvalue weighted by Gasteiger charge is -2.06. The van der Waals surface area contributed by atoms with Crippen LogP contribution in [0, 0.1) is 0 Å². The molecule has 3 rings (SSSR count). The number of thioether (sulfide) groups is 1. The number of amides is 1. The molecule has 0 fully saturated rings. The van der Waals surface area contributed by atoms with E-state index in [9.17, 15) is 9.90 Å². The first kappa shape index (κ1) is 19.3. The second-order valence-corrected chi connectivity index (χ2v) is 7.04. The Bertz CT molecular complexity index is 963. The number of hydrogen-bond donors (Lipinski definition) is 1. The number of ether oxygens (including phenoxy) is 1. The average molecular weight is 426 g/mol. The van der Waals surface area contributed by atoms with Gasteiger partial charge in [0, 0.05) is 17.2 Å². The summed E-state index contributed by atoms with van der Waals surface area (Å²) >= 11 is 12.9. The van der Waals surface area contributed by atoms with Gasteiger partial charge in [-0.15, -0.1) is 0 Å². The van der Waals surface area contributed by atoms with E-state index in [1.807, 2.05) is 0 Å². The summed E-state index contributed by atoms with van der Waals surface area (Å²) in [7, 11) is 1.56. The number of carbonyl (C=O) groups excluding carboxylic acids is 1. The van der Waals surface area contributed by atoms with Crippen molar-refractivity contribution in [1.29, 1.82) is 0 Å². The van der Waals surface area contributed by atoms with Crippen molar-refractivity contribution in [1.82, 2.24) is 5.27 Å². The molecule has 1 heterocycles. The lowest BCUT2D eigenvalue weighted by molar-refractivity contribution is -0.705. The van der Waals surface area contributed by atoms with Gasteiger partial charge in [0.25, 0.3) is 5.03 Å². The molecule has 0 spiro atoms. The van der Waals surface area contributed by atoms with Crippen LogP contribution in [0.15, 0.2) is 52.0 Å². The van der Waals surface area contributed by atoms with Gasteiger partial charge in [-0.1, -0.05) is 23.2 Å². The van der Waals surface area contributed by atoms with Crippen LogP contribution in [0.4, 0.5) is 5.69 Å². The van der Waals surface area contributed by atoms with E-state index in [1.54, 1.807) is 43.5 Å². The number of methoxy groups -OCH3 is 1. The Labute approximate surface area is 168 Å². The Balaban J connectivity index is 1.70. The molecule has 27 heavy (non-hydrogen) atoms. The summed E-state index contributed by atoms with van der Waals surface area (Å²) in [5, 5.41) is 19.3. The molecule has 2 aromatic carbocycles. The molecule has 0 unspecified atom stereocenters. The Morgan fingerprint density at radius 2 is 2.04 bits per heavy atom. The molecular formula is C17H13Cl2N3O4S. The highest BCUT2D eigenvalue weighted by molar-refractivity contribution is 7.99. The van der Waals surface area contributed by atoms with E-state index in [1.165, 1.54) is 10.7 Å². The summed E-state index contributed by atoms with van der Waals surface area (Å²) in [4.78, 5) is 12.2. The number of hydrogen-bond acceptors (Lipinski definition) is 6. The minimum absolute atomic E-state index is 0.0361. The van der Waals surface area contributed by atoms with Crippen LogP contribution in [0.2, 0.25) is 10.0 Å². The number of nitrogens with one attached hydrogen (secondary N) is 1. The van der Waals surface area contributed by atoms with Crippen molar-refractivity contribution < 1.29 is 23.8 Å². The molecule has 1 N–H and O–H groups in total.